The number of hydrogen-bond donors (Lipinski definition) is 2. The summed E-state index contributed by atoms with van der Waals surface area (Å²) in [5.74, 6) is -2.02. The Morgan fingerprint density at radius 3 is 2.24 bits per heavy atom. The molecule has 0 unspecified atom stereocenters. The standard InChI is InChI=1S/C22H21ClFN5O2.C2HF3O2/c23-20-8-9-21(27-26-20)25-22(30)29-12-10-28(11-13-29)15-16-6-7-18(24)19(14-16)31-17-4-2-1-3-5-17;3-2(4,5)1(6)7/h1-9,14H,10-13,15H2,(H,25,27,30);(H,6,7). The van der Waals surface area contributed by atoms with Crippen molar-refractivity contribution >= 4 is 29.4 Å². The van der Waals surface area contributed by atoms with Gasteiger partial charge in [-0.15, -0.1) is 10.2 Å². The fourth-order valence-electron chi connectivity index (χ4n) is 3.28. The van der Waals surface area contributed by atoms with Gasteiger partial charge in [0.05, 0.1) is 0 Å². The van der Waals surface area contributed by atoms with Crippen molar-refractivity contribution < 1.29 is 37.0 Å². The van der Waals surface area contributed by atoms with E-state index in [1.807, 2.05) is 18.2 Å². The average Bonchev–Trinajstić information content (AvgIpc) is 2.88. The Bertz CT molecular complexity index is 1220. The smallest absolute Gasteiger partial charge is 0.475 e. The molecule has 4 rings (SSSR count). The number of benzene rings is 2. The van der Waals surface area contributed by atoms with Crippen LogP contribution in [0.25, 0.3) is 0 Å². The zero-order chi connectivity index (χ0) is 27.7. The minimum Gasteiger partial charge on any atom is -0.475 e. The van der Waals surface area contributed by atoms with Gasteiger partial charge in [0.2, 0.25) is 0 Å². The lowest BCUT2D eigenvalue weighted by atomic mass is 10.1. The Hall–Kier alpha value is -3.97. The molecule has 14 heteroatoms. The maximum atomic E-state index is 14.2. The number of alkyl halides is 3. The number of carbonyl (C=O) groups is 2. The molecular formula is C24H22ClF4N5O4. The monoisotopic (exact) mass is 555 g/mol. The van der Waals surface area contributed by atoms with Crippen LogP contribution in [0.2, 0.25) is 5.15 Å². The third-order valence-corrected chi connectivity index (χ3v) is 5.34. The number of anilines is 1. The molecule has 2 heterocycles. The van der Waals surface area contributed by atoms with E-state index in [9.17, 15) is 22.4 Å². The molecule has 0 radical (unpaired) electrons. The largest absolute Gasteiger partial charge is 0.490 e. The fraction of sp³-hybridized carbons (Fsp3) is 0.250. The number of urea groups is 1. The second-order valence-electron chi connectivity index (χ2n) is 7.92. The Balaban J connectivity index is 0.000000505. The number of nitrogens with one attached hydrogen (secondary N) is 1. The lowest BCUT2D eigenvalue weighted by Crippen LogP contribution is -2.49. The molecule has 0 bridgehead atoms. The molecule has 0 atom stereocenters. The van der Waals surface area contributed by atoms with Crippen LogP contribution >= 0.6 is 11.6 Å². The second-order valence-corrected chi connectivity index (χ2v) is 8.30. The predicted molar refractivity (Wildman–Crippen MR) is 130 cm³/mol. The Morgan fingerprint density at radius 1 is 1.00 bits per heavy atom. The quantitative estimate of drug-likeness (QED) is 0.424. The van der Waals surface area contributed by atoms with Crippen molar-refractivity contribution in [1.82, 2.24) is 20.0 Å². The maximum Gasteiger partial charge on any atom is 0.490 e. The molecule has 1 aliphatic rings. The first-order chi connectivity index (χ1) is 18.0. The zero-order valence-corrected chi connectivity index (χ0v) is 20.4. The van der Waals surface area contributed by atoms with Gasteiger partial charge in [0.25, 0.3) is 0 Å². The normalized spacial score (nSPS) is 13.8. The number of rotatable bonds is 5. The molecule has 202 valence electrons. The number of halogens is 5. The molecule has 1 fully saturated rings. The molecule has 0 aliphatic carbocycles. The van der Waals surface area contributed by atoms with Gasteiger partial charge < -0.3 is 14.7 Å². The van der Waals surface area contributed by atoms with Crippen molar-refractivity contribution in [3.05, 3.63) is 77.2 Å². The van der Waals surface area contributed by atoms with Gasteiger partial charge in [0.1, 0.15) is 5.75 Å². The van der Waals surface area contributed by atoms with Gasteiger partial charge in [-0.1, -0.05) is 35.9 Å². The van der Waals surface area contributed by atoms with E-state index in [2.05, 4.69) is 20.4 Å². The van der Waals surface area contributed by atoms with Crippen molar-refractivity contribution in [3.63, 3.8) is 0 Å². The van der Waals surface area contributed by atoms with Crippen molar-refractivity contribution in [2.75, 3.05) is 31.5 Å². The van der Waals surface area contributed by atoms with E-state index in [0.29, 0.717) is 44.3 Å². The number of aromatic nitrogens is 2. The minimum absolute atomic E-state index is 0.200. The summed E-state index contributed by atoms with van der Waals surface area (Å²) in [7, 11) is 0. The zero-order valence-electron chi connectivity index (χ0n) is 19.7. The van der Waals surface area contributed by atoms with Crippen LogP contribution in [0.1, 0.15) is 5.56 Å². The van der Waals surface area contributed by atoms with Gasteiger partial charge in [-0.3, -0.25) is 10.2 Å². The van der Waals surface area contributed by atoms with Crippen LogP contribution < -0.4 is 10.1 Å². The minimum atomic E-state index is -5.08. The number of para-hydroxylation sites is 1. The number of carboxylic acid groups (broad SMARTS) is 1. The van der Waals surface area contributed by atoms with E-state index in [1.165, 1.54) is 6.07 Å². The van der Waals surface area contributed by atoms with Crippen LogP contribution in [0.4, 0.5) is 28.2 Å². The number of nitrogens with zero attached hydrogens (tertiary/aromatic N) is 4. The van der Waals surface area contributed by atoms with Crippen molar-refractivity contribution in [3.8, 4) is 11.5 Å². The Labute approximate surface area is 219 Å². The molecule has 2 aromatic carbocycles. The molecule has 38 heavy (non-hydrogen) atoms. The highest BCUT2D eigenvalue weighted by molar-refractivity contribution is 6.29. The summed E-state index contributed by atoms with van der Waals surface area (Å²) < 4.78 is 51.6. The molecular weight excluding hydrogens is 534 g/mol. The molecule has 2 amide bonds. The fourth-order valence-corrected chi connectivity index (χ4v) is 3.38. The summed E-state index contributed by atoms with van der Waals surface area (Å²) in [6.45, 7) is 3.18. The van der Waals surface area contributed by atoms with Crippen LogP contribution in [0, 0.1) is 5.82 Å². The number of carboxylic acids is 1. The highest BCUT2D eigenvalue weighted by Crippen LogP contribution is 2.26. The first kappa shape index (κ1) is 28.6. The van der Waals surface area contributed by atoms with E-state index >= 15 is 0 Å². The molecule has 0 saturated carbocycles. The number of amides is 2. The summed E-state index contributed by atoms with van der Waals surface area (Å²) in [6, 6.07) is 17.0. The molecule has 9 nitrogen and oxygen atoms in total. The van der Waals surface area contributed by atoms with E-state index in [-0.39, 0.29) is 16.9 Å². The highest BCUT2D eigenvalue weighted by atomic mass is 35.5. The molecule has 3 aromatic rings. The molecule has 1 saturated heterocycles. The summed E-state index contributed by atoms with van der Waals surface area (Å²) >= 11 is 5.71. The number of ether oxygens (including phenoxy) is 1. The van der Waals surface area contributed by atoms with Crippen LogP contribution in [-0.4, -0.2) is 69.5 Å². The number of piperazine rings is 1. The maximum absolute atomic E-state index is 14.2. The summed E-state index contributed by atoms with van der Waals surface area (Å²) in [6.07, 6.45) is -5.08. The molecule has 1 aliphatic heterocycles. The number of aliphatic carboxylic acids is 1. The average molecular weight is 556 g/mol. The first-order valence-electron chi connectivity index (χ1n) is 11.1. The summed E-state index contributed by atoms with van der Waals surface area (Å²) in [5, 5.41) is 17.7. The number of hydrogen-bond acceptors (Lipinski definition) is 6. The van der Waals surface area contributed by atoms with Crippen LogP contribution in [0.3, 0.4) is 0 Å². The Morgan fingerprint density at radius 2 is 1.66 bits per heavy atom. The first-order valence-corrected chi connectivity index (χ1v) is 11.5. The predicted octanol–water partition coefficient (Wildman–Crippen LogP) is 5.04. The van der Waals surface area contributed by atoms with Crippen molar-refractivity contribution in [2.45, 2.75) is 12.7 Å². The van der Waals surface area contributed by atoms with Crippen LogP contribution in [0.5, 0.6) is 11.5 Å². The lowest BCUT2D eigenvalue weighted by Gasteiger charge is -2.34. The van der Waals surface area contributed by atoms with Gasteiger partial charge in [-0.05, 0) is 42.0 Å². The van der Waals surface area contributed by atoms with Gasteiger partial charge in [-0.25, -0.2) is 14.0 Å². The van der Waals surface area contributed by atoms with E-state index in [0.717, 1.165) is 5.56 Å². The number of carbonyl (C=O) groups excluding carboxylic acids is 1. The SMILES string of the molecule is O=C(Nc1ccc(Cl)nn1)N1CCN(Cc2ccc(F)c(Oc3ccccc3)c2)CC1.O=C(O)C(F)(F)F. The van der Waals surface area contributed by atoms with Gasteiger partial charge in [-0.2, -0.15) is 13.2 Å². The lowest BCUT2D eigenvalue weighted by molar-refractivity contribution is -0.192. The highest BCUT2D eigenvalue weighted by Gasteiger charge is 2.38. The third-order valence-electron chi connectivity index (χ3n) is 5.14. The van der Waals surface area contributed by atoms with E-state index in [1.54, 1.807) is 41.3 Å². The topological polar surface area (TPSA) is 108 Å². The molecule has 1 aromatic heterocycles. The van der Waals surface area contributed by atoms with Crippen molar-refractivity contribution in [2.24, 2.45) is 0 Å². The van der Waals surface area contributed by atoms with Crippen LogP contribution in [0.15, 0.2) is 60.7 Å². The van der Waals surface area contributed by atoms with E-state index in [4.69, 9.17) is 26.2 Å². The van der Waals surface area contributed by atoms with Crippen molar-refractivity contribution in [1.29, 1.82) is 0 Å². The Kier molecular flexibility index (Phi) is 9.79. The van der Waals surface area contributed by atoms with E-state index < -0.39 is 18.0 Å². The third kappa shape index (κ3) is 8.85. The summed E-state index contributed by atoms with van der Waals surface area (Å²) in [5.41, 5.74) is 0.946. The van der Waals surface area contributed by atoms with Gasteiger partial charge >= 0.3 is 18.2 Å². The molecule has 0 spiro atoms. The molecule has 2 N–H and O–H groups in total. The van der Waals surface area contributed by atoms with Crippen LogP contribution in [-0.2, 0) is 11.3 Å². The van der Waals surface area contributed by atoms with Gasteiger partial charge in [0, 0.05) is 32.7 Å². The summed E-state index contributed by atoms with van der Waals surface area (Å²) in [4.78, 5) is 25.2. The second kappa shape index (κ2) is 13.0. The van der Waals surface area contributed by atoms with Gasteiger partial charge in [0.15, 0.2) is 22.5 Å².